The third kappa shape index (κ3) is 4.64. The Labute approximate surface area is 181 Å². The molecule has 1 amide bonds. The van der Waals surface area contributed by atoms with E-state index in [0.29, 0.717) is 5.75 Å². The second-order valence-corrected chi connectivity index (χ2v) is 8.13. The molecule has 0 bridgehead atoms. The van der Waals surface area contributed by atoms with Crippen molar-refractivity contribution in [2.75, 3.05) is 36.8 Å². The first-order valence-corrected chi connectivity index (χ1v) is 11.3. The van der Waals surface area contributed by atoms with E-state index in [1.165, 1.54) is 17.4 Å². The van der Waals surface area contributed by atoms with Crippen LogP contribution in [0, 0.1) is 0 Å². The number of carbonyl (C=O) groups is 1. The molecule has 8 heteroatoms. The summed E-state index contributed by atoms with van der Waals surface area (Å²) in [5, 5.41) is 9.52. The van der Waals surface area contributed by atoms with Crippen LogP contribution in [0.25, 0.3) is 11.4 Å². The molecule has 2 aromatic heterocycles. The smallest absolute Gasteiger partial charge is 0.233 e. The number of amides is 1. The number of benzene rings is 1. The number of para-hydroxylation sites is 1. The molecule has 1 aromatic carbocycles. The molecule has 3 aromatic rings. The van der Waals surface area contributed by atoms with Gasteiger partial charge in [-0.05, 0) is 30.7 Å². The summed E-state index contributed by atoms with van der Waals surface area (Å²) in [4.78, 5) is 21.1. The molecule has 0 aliphatic carbocycles. The summed E-state index contributed by atoms with van der Waals surface area (Å²) in [6, 6.07) is 14.2. The van der Waals surface area contributed by atoms with Crippen LogP contribution in [-0.2, 0) is 11.3 Å². The molecular formula is C22H26N6OS. The van der Waals surface area contributed by atoms with Gasteiger partial charge in [-0.3, -0.25) is 9.78 Å². The lowest BCUT2D eigenvalue weighted by Gasteiger charge is -2.36. The summed E-state index contributed by atoms with van der Waals surface area (Å²) in [5.74, 6) is 1.36. The van der Waals surface area contributed by atoms with Gasteiger partial charge in [0.05, 0.1) is 5.75 Å². The Hall–Kier alpha value is -2.87. The second kappa shape index (κ2) is 9.75. The Morgan fingerprint density at radius 3 is 2.43 bits per heavy atom. The van der Waals surface area contributed by atoms with E-state index in [9.17, 15) is 4.79 Å². The van der Waals surface area contributed by atoms with Crippen LogP contribution in [0.2, 0.25) is 0 Å². The van der Waals surface area contributed by atoms with Crippen LogP contribution >= 0.6 is 11.8 Å². The van der Waals surface area contributed by atoms with Gasteiger partial charge in [0.1, 0.15) is 0 Å². The average molecular weight is 423 g/mol. The van der Waals surface area contributed by atoms with Gasteiger partial charge in [0.25, 0.3) is 0 Å². The number of carbonyl (C=O) groups excluding carboxylic acids is 1. The number of thioether (sulfide) groups is 1. The van der Waals surface area contributed by atoms with E-state index in [-0.39, 0.29) is 5.91 Å². The maximum atomic E-state index is 12.8. The number of hydrogen-bond acceptors (Lipinski definition) is 6. The monoisotopic (exact) mass is 422 g/mol. The van der Waals surface area contributed by atoms with E-state index in [4.69, 9.17) is 0 Å². The predicted molar refractivity (Wildman–Crippen MR) is 120 cm³/mol. The minimum Gasteiger partial charge on any atom is -0.368 e. The largest absolute Gasteiger partial charge is 0.368 e. The molecule has 0 radical (unpaired) electrons. The fourth-order valence-electron chi connectivity index (χ4n) is 3.61. The minimum absolute atomic E-state index is 0.157. The van der Waals surface area contributed by atoms with Crippen molar-refractivity contribution in [2.45, 2.75) is 25.0 Å². The van der Waals surface area contributed by atoms with Gasteiger partial charge < -0.3 is 14.4 Å². The maximum absolute atomic E-state index is 12.8. The summed E-state index contributed by atoms with van der Waals surface area (Å²) in [6.45, 7) is 6.16. The Bertz CT molecular complexity index is 954. The summed E-state index contributed by atoms with van der Waals surface area (Å²) in [7, 11) is 0. The topological polar surface area (TPSA) is 67.2 Å². The Balaban J connectivity index is 1.36. The van der Waals surface area contributed by atoms with Crippen molar-refractivity contribution >= 4 is 23.4 Å². The number of pyridine rings is 1. The fraction of sp³-hybridized carbons (Fsp3) is 0.364. The van der Waals surface area contributed by atoms with Crippen molar-refractivity contribution in [1.29, 1.82) is 0 Å². The fourth-order valence-corrected chi connectivity index (χ4v) is 4.47. The van der Waals surface area contributed by atoms with Gasteiger partial charge in [0, 0.05) is 56.4 Å². The number of piperazine rings is 1. The zero-order chi connectivity index (χ0) is 20.8. The SMILES string of the molecule is CCCn1c(SCC(=O)N2CCN(c3ccccc3)CC2)nnc1-c1ccncc1. The summed E-state index contributed by atoms with van der Waals surface area (Å²) in [6.07, 6.45) is 4.48. The lowest BCUT2D eigenvalue weighted by Crippen LogP contribution is -2.49. The van der Waals surface area contributed by atoms with Crippen LogP contribution in [0.1, 0.15) is 13.3 Å². The van der Waals surface area contributed by atoms with E-state index in [2.05, 4.69) is 55.8 Å². The van der Waals surface area contributed by atoms with Crippen LogP contribution < -0.4 is 4.90 Å². The number of nitrogens with zero attached hydrogens (tertiary/aromatic N) is 6. The third-order valence-corrected chi connectivity index (χ3v) is 6.13. The first-order chi connectivity index (χ1) is 14.8. The first-order valence-electron chi connectivity index (χ1n) is 10.3. The zero-order valence-electron chi connectivity index (χ0n) is 17.1. The summed E-state index contributed by atoms with van der Waals surface area (Å²) >= 11 is 1.47. The van der Waals surface area contributed by atoms with E-state index < -0.39 is 0 Å². The van der Waals surface area contributed by atoms with Crippen molar-refractivity contribution < 1.29 is 4.79 Å². The standard InChI is InChI=1S/C22H26N6OS/c1-2-12-28-21(18-8-10-23-11-9-18)24-25-22(28)30-17-20(29)27-15-13-26(14-16-27)19-6-4-3-5-7-19/h3-11H,2,12-17H2,1H3. The minimum atomic E-state index is 0.157. The maximum Gasteiger partial charge on any atom is 0.233 e. The Morgan fingerprint density at radius 2 is 1.73 bits per heavy atom. The van der Waals surface area contributed by atoms with E-state index in [0.717, 1.165) is 55.7 Å². The average Bonchev–Trinajstić information content (AvgIpc) is 3.21. The molecule has 1 aliphatic rings. The number of anilines is 1. The molecule has 0 unspecified atom stereocenters. The van der Waals surface area contributed by atoms with Gasteiger partial charge >= 0.3 is 0 Å². The lowest BCUT2D eigenvalue weighted by molar-refractivity contribution is -0.128. The molecule has 30 heavy (non-hydrogen) atoms. The normalized spacial score (nSPS) is 14.2. The molecule has 3 heterocycles. The molecule has 0 N–H and O–H groups in total. The molecule has 1 saturated heterocycles. The van der Waals surface area contributed by atoms with Crippen molar-refractivity contribution in [3.05, 3.63) is 54.9 Å². The molecular weight excluding hydrogens is 396 g/mol. The quantitative estimate of drug-likeness (QED) is 0.545. The Kier molecular flexibility index (Phi) is 6.63. The number of aromatic nitrogens is 4. The van der Waals surface area contributed by atoms with E-state index >= 15 is 0 Å². The molecule has 0 atom stereocenters. The van der Waals surface area contributed by atoms with Gasteiger partial charge in [0.15, 0.2) is 11.0 Å². The molecule has 1 aliphatic heterocycles. The lowest BCUT2D eigenvalue weighted by atomic mass is 10.2. The molecule has 0 spiro atoms. The van der Waals surface area contributed by atoms with Crippen molar-refractivity contribution in [3.63, 3.8) is 0 Å². The number of rotatable bonds is 7. The van der Waals surface area contributed by atoms with Crippen molar-refractivity contribution in [2.24, 2.45) is 0 Å². The Morgan fingerprint density at radius 1 is 1.00 bits per heavy atom. The summed E-state index contributed by atoms with van der Waals surface area (Å²) in [5.41, 5.74) is 2.21. The second-order valence-electron chi connectivity index (χ2n) is 7.19. The van der Waals surface area contributed by atoms with Gasteiger partial charge in [-0.25, -0.2) is 0 Å². The van der Waals surface area contributed by atoms with Gasteiger partial charge in [-0.2, -0.15) is 0 Å². The van der Waals surface area contributed by atoms with Gasteiger partial charge in [0.2, 0.25) is 5.91 Å². The summed E-state index contributed by atoms with van der Waals surface area (Å²) < 4.78 is 2.10. The zero-order valence-corrected chi connectivity index (χ0v) is 18.0. The highest BCUT2D eigenvalue weighted by Crippen LogP contribution is 2.24. The molecule has 4 rings (SSSR count). The highest BCUT2D eigenvalue weighted by atomic mass is 32.2. The highest BCUT2D eigenvalue weighted by Gasteiger charge is 2.22. The number of hydrogen-bond donors (Lipinski definition) is 0. The van der Waals surface area contributed by atoms with Gasteiger partial charge in [-0.1, -0.05) is 36.9 Å². The van der Waals surface area contributed by atoms with Crippen LogP contribution in [0.4, 0.5) is 5.69 Å². The molecule has 7 nitrogen and oxygen atoms in total. The molecule has 1 fully saturated rings. The van der Waals surface area contributed by atoms with Crippen LogP contribution in [-0.4, -0.2) is 62.5 Å². The van der Waals surface area contributed by atoms with E-state index in [1.54, 1.807) is 12.4 Å². The molecule has 156 valence electrons. The predicted octanol–water partition coefficient (Wildman–Crippen LogP) is 3.19. The van der Waals surface area contributed by atoms with Crippen LogP contribution in [0.15, 0.2) is 60.0 Å². The van der Waals surface area contributed by atoms with Gasteiger partial charge in [-0.15, -0.1) is 10.2 Å². The van der Waals surface area contributed by atoms with E-state index in [1.807, 2.05) is 23.1 Å². The van der Waals surface area contributed by atoms with Crippen molar-refractivity contribution in [1.82, 2.24) is 24.6 Å². The van der Waals surface area contributed by atoms with Crippen LogP contribution in [0.3, 0.4) is 0 Å². The third-order valence-electron chi connectivity index (χ3n) is 5.18. The van der Waals surface area contributed by atoms with Crippen molar-refractivity contribution in [3.8, 4) is 11.4 Å². The molecule has 0 saturated carbocycles. The highest BCUT2D eigenvalue weighted by molar-refractivity contribution is 7.99. The first kappa shape index (κ1) is 20.4. The van der Waals surface area contributed by atoms with Crippen LogP contribution in [0.5, 0.6) is 0 Å².